The Hall–Kier alpha value is -2.01. The molecule has 132 valence electrons. The maximum Gasteiger partial charge on any atom is 0.430 e. The number of aryl methyl sites for hydroxylation is 3. The largest absolute Gasteiger partial charge is 0.542 e. The highest BCUT2D eigenvalue weighted by Crippen LogP contribution is 2.14. The van der Waals surface area contributed by atoms with Gasteiger partial charge in [-0.2, -0.15) is 13.2 Å². The van der Waals surface area contributed by atoms with Gasteiger partial charge in [0.15, 0.2) is 3.93 Å². The van der Waals surface area contributed by atoms with Crippen molar-refractivity contribution in [3.05, 3.63) is 68.3 Å². The molecule has 2 aromatic rings. The number of carbonyl (C=O) groups is 1. The number of carbonyl (C=O) groups excluding carboxylic acids is 1. The van der Waals surface area contributed by atoms with Crippen LogP contribution in [0, 0.1) is 34.2 Å². The zero-order chi connectivity index (χ0) is 19.0. The molecule has 6 heteroatoms. The Kier molecular flexibility index (Phi) is 7.97. The first-order valence-corrected chi connectivity index (χ1v) is 9.33. The highest BCUT2D eigenvalue weighted by Gasteiger charge is 2.28. The van der Waals surface area contributed by atoms with Gasteiger partial charge in [-0.1, -0.05) is 35.9 Å². The summed E-state index contributed by atoms with van der Waals surface area (Å²) in [6, 6.07) is 15.0. The van der Waals surface area contributed by atoms with Crippen LogP contribution in [-0.2, 0) is 4.79 Å². The summed E-state index contributed by atoms with van der Waals surface area (Å²) in [6.45, 7) is 6.42. The lowest BCUT2D eigenvalue weighted by Crippen LogP contribution is -3.59. The van der Waals surface area contributed by atoms with Crippen LogP contribution in [0.4, 0.5) is 13.2 Å². The molecule has 2 rings (SSSR count). The average Bonchev–Trinajstić information content (AvgIpc) is 2.50. The van der Waals surface area contributed by atoms with Gasteiger partial charge in [0.25, 0.3) is 0 Å². The Balaban J connectivity index is 0.000000381. The topological polar surface area (TPSA) is 40.1 Å². The Bertz CT molecular complexity index is 765. The van der Waals surface area contributed by atoms with Gasteiger partial charge in [0, 0.05) is 5.56 Å². The van der Waals surface area contributed by atoms with Gasteiger partial charge in [0.05, 0.1) is 0 Å². The highest BCUT2D eigenvalue weighted by molar-refractivity contribution is 5.70. The minimum atomic E-state index is -5.19. The maximum absolute atomic E-state index is 10.5. The summed E-state index contributed by atoms with van der Waals surface area (Å²) in [6.07, 6.45) is -5.19. The monoisotopic (exact) mass is 460 g/mol. The molecule has 0 aliphatic heterocycles. The number of halogens is 4. The van der Waals surface area contributed by atoms with E-state index in [2.05, 4.69) is 73.1 Å². The first-order valence-electron chi connectivity index (χ1n) is 7.17. The van der Waals surface area contributed by atoms with Gasteiger partial charge in [-0.25, -0.2) is 0 Å². The van der Waals surface area contributed by atoms with Crippen LogP contribution < -0.4 is 26.3 Å². The quantitative estimate of drug-likeness (QED) is 0.450. The van der Waals surface area contributed by atoms with E-state index >= 15 is 0 Å². The number of rotatable bonds is 1. The molecular weight excluding hydrogens is 444 g/mol. The lowest BCUT2D eigenvalue weighted by atomic mass is 10.0. The number of alkyl halides is 3. The second kappa shape index (κ2) is 9.47. The van der Waals surface area contributed by atoms with E-state index in [1.54, 1.807) is 0 Å². The summed E-state index contributed by atoms with van der Waals surface area (Å²) in [7, 11) is 0. The molecular formula is C19H16F3IO2. The van der Waals surface area contributed by atoms with Crippen LogP contribution >= 0.6 is 0 Å². The van der Waals surface area contributed by atoms with Crippen molar-refractivity contribution in [1.29, 1.82) is 0 Å². The van der Waals surface area contributed by atoms with Crippen molar-refractivity contribution >= 4 is 5.97 Å². The third-order valence-electron chi connectivity index (χ3n) is 2.97. The molecule has 0 atom stereocenters. The minimum Gasteiger partial charge on any atom is -0.542 e. The molecule has 0 aliphatic carbocycles. The van der Waals surface area contributed by atoms with Crippen LogP contribution in [0.1, 0.15) is 22.3 Å². The Morgan fingerprint density at radius 1 is 1.04 bits per heavy atom. The number of aliphatic carboxylic acids is 1. The average molecular weight is 460 g/mol. The van der Waals surface area contributed by atoms with Crippen molar-refractivity contribution < 1.29 is 44.3 Å². The fourth-order valence-corrected chi connectivity index (χ4v) is 3.47. The van der Waals surface area contributed by atoms with E-state index in [0.29, 0.717) is 0 Å². The number of hydrogen-bond donors (Lipinski definition) is 0. The molecule has 0 saturated heterocycles. The molecule has 25 heavy (non-hydrogen) atoms. The Morgan fingerprint density at radius 2 is 1.52 bits per heavy atom. The van der Waals surface area contributed by atoms with Crippen LogP contribution in [0.5, 0.6) is 0 Å². The summed E-state index contributed by atoms with van der Waals surface area (Å²) in [4.78, 5) is 8.78. The van der Waals surface area contributed by atoms with Crippen molar-refractivity contribution in [3.8, 4) is 9.85 Å². The molecule has 0 fully saturated rings. The first-order chi connectivity index (χ1) is 11.6. The Morgan fingerprint density at radius 3 is 1.96 bits per heavy atom. The smallest absolute Gasteiger partial charge is 0.430 e. The maximum atomic E-state index is 10.5. The van der Waals surface area contributed by atoms with Crippen molar-refractivity contribution in [3.63, 3.8) is 0 Å². The molecule has 0 aromatic heterocycles. The summed E-state index contributed by atoms with van der Waals surface area (Å²) >= 11 is -0.194. The van der Waals surface area contributed by atoms with Crippen molar-refractivity contribution in [2.45, 2.75) is 26.9 Å². The predicted octanol–water partition coefficient (Wildman–Crippen LogP) is 0.178. The van der Waals surface area contributed by atoms with E-state index < -0.39 is 12.1 Å². The summed E-state index contributed by atoms with van der Waals surface area (Å²) in [5, 5.41) is 8.78. The van der Waals surface area contributed by atoms with Gasteiger partial charge in [-0.05, 0) is 50.0 Å². The van der Waals surface area contributed by atoms with Crippen LogP contribution in [0.3, 0.4) is 0 Å². The Labute approximate surface area is 155 Å². The molecule has 0 spiro atoms. The summed E-state index contributed by atoms with van der Waals surface area (Å²) in [5.74, 6) is 0.349. The van der Waals surface area contributed by atoms with Crippen molar-refractivity contribution in [2.75, 3.05) is 0 Å². The molecule has 0 heterocycles. The first kappa shape index (κ1) is 21.0. The van der Waals surface area contributed by atoms with Crippen LogP contribution in [-0.4, -0.2) is 12.1 Å². The number of carboxylic acid groups (broad SMARTS) is 1. The van der Waals surface area contributed by atoms with Gasteiger partial charge < -0.3 is 9.90 Å². The fourth-order valence-electron chi connectivity index (χ4n) is 1.98. The van der Waals surface area contributed by atoms with Crippen LogP contribution in [0.15, 0.2) is 42.5 Å². The number of hydrogen-bond acceptors (Lipinski definition) is 2. The van der Waals surface area contributed by atoms with Crippen LogP contribution in [0.25, 0.3) is 0 Å². The van der Waals surface area contributed by atoms with Gasteiger partial charge in [-0.15, -0.1) is 0 Å². The van der Waals surface area contributed by atoms with Gasteiger partial charge >= 0.3 is 27.4 Å². The van der Waals surface area contributed by atoms with E-state index in [-0.39, 0.29) is 21.2 Å². The van der Waals surface area contributed by atoms with E-state index in [4.69, 9.17) is 9.90 Å². The predicted molar refractivity (Wildman–Crippen MR) is 83.7 cm³/mol. The zero-order valence-electron chi connectivity index (χ0n) is 13.9. The second-order valence-electron chi connectivity index (χ2n) is 5.17. The SMILES string of the molecule is Cc1cc(C)c(C#C[I+]c2ccccc2)c(C)c1.O=C([O-])C(F)(F)F. The lowest BCUT2D eigenvalue weighted by molar-refractivity contribution is -0.535. The lowest BCUT2D eigenvalue weighted by Gasteiger charge is -2.03. The molecule has 0 radical (unpaired) electrons. The minimum absolute atomic E-state index is 0.194. The molecule has 0 amide bonds. The highest BCUT2D eigenvalue weighted by atomic mass is 127. The van der Waals surface area contributed by atoms with Crippen molar-refractivity contribution in [1.82, 2.24) is 0 Å². The molecule has 0 N–H and O–H groups in total. The van der Waals surface area contributed by atoms with E-state index in [1.165, 1.54) is 25.8 Å². The molecule has 2 nitrogen and oxygen atoms in total. The summed E-state index contributed by atoms with van der Waals surface area (Å²) < 4.78 is 36.3. The third kappa shape index (κ3) is 7.61. The van der Waals surface area contributed by atoms with Gasteiger partial charge in [0.1, 0.15) is 5.97 Å². The molecule has 0 unspecified atom stereocenters. The van der Waals surface area contributed by atoms with E-state index in [1.807, 2.05) is 0 Å². The van der Waals surface area contributed by atoms with Crippen molar-refractivity contribution in [2.24, 2.45) is 0 Å². The molecule has 2 aromatic carbocycles. The zero-order valence-corrected chi connectivity index (χ0v) is 16.0. The summed E-state index contributed by atoms with van der Waals surface area (Å²) in [5.41, 5.74) is 5.10. The second-order valence-corrected chi connectivity index (χ2v) is 7.49. The van der Waals surface area contributed by atoms with Crippen LogP contribution in [0.2, 0.25) is 0 Å². The van der Waals surface area contributed by atoms with E-state index in [9.17, 15) is 13.2 Å². The van der Waals surface area contributed by atoms with E-state index in [0.717, 1.165) is 0 Å². The molecule has 0 aliphatic rings. The van der Waals surface area contributed by atoms with Gasteiger partial charge in [0.2, 0.25) is 3.57 Å². The standard InChI is InChI=1S/C17H16I.C2HF3O2/c1-13-11-14(2)17(15(3)12-13)9-10-18-16-7-5-4-6-8-16;3-2(4,5)1(6)7/h4-8,11-12H,1-3H3;(H,6,7)/q+1;/p-1. The normalized spacial score (nSPS) is 10.2. The fraction of sp³-hybridized carbons (Fsp3) is 0.211. The third-order valence-corrected chi connectivity index (χ3v) is 4.85. The number of benzene rings is 2. The molecule has 0 saturated carbocycles. The van der Waals surface area contributed by atoms with Gasteiger partial charge in [-0.3, -0.25) is 0 Å². The molecule has 0 bridgehead atoms. The number of carboxylic acids is 1.